The van der Waals surface area contributed by atoms with Crippen LogP contribution in [0.25, 0.3) is 0 Å². The van der Waals surface area contributed by atoms with Crippen LogP contribution in [0.1, 0.15) is 21.6 Å². The zero-order valence-electron chi connectivity index (χ0n) is 11.1. The van der Waals surface area contributed by atoms with Crippen LogP contribution in [0.3, 0.4) is 0 Å². The molecule has 0 saturated carbocycles. The summed E-state index contributed by atoms with van der Waals surface area (Å²) in [6.07, 6.45) is 0. The molecule has 0 aliphatic carbocycles. The second-order valence-electron chi connectivity index (χ2n) is 4.37. The molecule has 112 valence electrons. The molecule has 7 nitrogen and oxygen atoms in total. The van der Waals surface area contributed by atoms with Crippen molar-refractivity contribution in [1.29, 1.82) is 0 Å². The van der Waals surface area contributed by atoms with E-state index in [1.807, 2.05) is 0 Å². The molecule has 0 amide bonds. The third kappa shape index (κ3) is 3.14. The van der Waals surface area contributed by atoms with E-state index < -0.39 is 20.9 Å². The van der Waals surface area contributed by atoms with Gasteiger partial charge in [0.25, 0.3) is 10.0 Å². The molecule has 0 spiro atoms. The Labute approximate surface area is 124 Å². The van der Waals surface area contributed by atoms with Gasteiger partial charge in [-0.3, -0.25) is 9.52 Å². The number of benzene rings is 1. The number of thiazole rings is 1. The molecular formula is C12H12N2O5S2. The first-order valence-corrected chi connectivity index (χ1v) is 8.07. The van der Waals surface area contributed by atoms with E-state index in [2.05, 4.69) is 9.71 Å². The van der Waals surface area contributed by atoms with Crippen molar-refractivity contribution in [3.8, 4) is 0 Å². The molecule has 0 radical (unpaired) electrons. The summed E-state index contributed by atoms with van der Waals surface area (Å²) in [7, 11) is -3.88. The normalized spacial score (nSPS) is 11.3. The van der Waals surface area contributed by atoms with E-state index in [-0.39, 0.29) is 21.2 Å². The maximum Gasteiger partial charge on any atom is 0.335 e. The maximum atomic E-state index is 12.2. The Morgan fingerprint density at radius 1 is 1.33 bits per heavy atom. The number of anilines is 1. The van der Waals surface area contributed by atoms with Gasteiger partial charge in [-0.2, -0.15) is 0 Å². The quantitative estimate of drug-likeness (QED) is 0.787. The third-order valence-electron chi connectivity index (χ3n) is 2.73. The third-order valence-corrected chi connectivity index (χ3v) is 5.72. The lowest BCUT2D eigenvalue weighted by Crippen LogP contribution is -2.13. The maximum absolute atomic E-state index is 12.2. The van der Waals surface area contributed by atoms with E-state index in [9.17, 15) is 18.0 Å². The summed E-state index contributed by atoms with van der Waals surface area (Å²) < 4.78 is 26.6. The van der Waals surface area contributed by atoms with Crippen LogP contribution in [-0.4, -0.2) is 24.5 Å². The van der Waals surface area contributed by atoms with Crippen LogP contribution in [0.15, 0.2) is 27.2 Å². The fraction of sp³-hybridized carbons (Fsp3) is 0.167. The van der Waals surface area contributed by atoms with Crippen molar-refractivity contribution in [2.45, 2.75) is 18.1 Å². The standard InChI is InChI=1S/C12H12N2O5S2/c1-6-5-8(3-4-9(6)10(15)16)14-21(18,19)11-7(2)13-12(17)20-11/h3-5,14H,1-2H3,(H,13,17)(H,15,16). The summed E-state index contributed by atoms with van der Waals surface area (Å²) in [6, 6.07) is 4.10. The molecule has 1 aromatic heterocycles. The highest BCUT2D eigenvalue weighted by molar-refractivity contribution is 7.94. The molecule has 3 N–H and O–H groups in total. The summed E-state index contributed by atoms with van der Waals surface area (Å²) in [5.74, 6) is -1.08. The highest BCUT2D eigenvalue weighted by atomic mass is 32.2. The molecule has 9 heteroatoms. The Bertz CT molecular complexity index is 864. The number of aromatic nitrogens is 1. The molecule has 0 bridgehead atoms. The fourth-order valence-electron chi connectivity index (χ4n) is 1.82. The minimum Gasteiger partial charge on any atom is -0.478 e. The van der Waals surface area contributed by atoms with Crippen LogP contribution in [0.5, 0.6) is 0 Å². The Kier molecular flexibility index (Phi) is 3.88. The molecule has 0 unspecified atom stereocenters. The topological polar surface area (TPSA) is 116 Å². The summed E-state index contributed by atoms with van der Waals surface area (Å²) in [5.41, 5.74) is 1.02. The largest absolute Gasteiger partial charge is 0.478 e. The van der Waals surface area contributed by atoms with Crippen molar-refractivity contribution in [2.24, 2.45) is 0 Å². The number of hydrogen-bond donors (Lipinski definition) is 3. The number of sulfonamides is 1. The molecule has 0 saturated heterocycles. The van der Waals surface area contributed by atoms with Crippen LogP contribution in [-0.2, 0) is 10.0 Å². The van der Waals surface area contributed by atoms with E-state index in [0.29, 0.717) is 16.9 Å². The second-order valence-corrected chi connectivity index (χ2v) is 7.23. The van der Waals surface area contributed by atoms with E-state index in [4.69, 9.17) is 5.11 Å². The zero-order valence-corrected chi connectivity index (χ0v) is 12.8. The van der Waals surface area contributed by atoms with Gasteiger partial charge in [-0.15, -0.1) is 0 Å². The SMILES string of the molecule is Cc1cc(NS(=O)(=O)c2sc(=O)[nH]c2C)ccc1C(=O)O. The first-order chi connectivity index (χ1) is 9.70. The summed E-state index contributed by atoms with van der Waals surface area (Å²) >= 11 is 0.597. The molecule has 0 atom stereocenters. The number of carbonyl (C=O) groups is 1. The zero-order chi connectivity index (χ0) is 15.8. The molecule has 0 aliphatic rings. The number of carboxylic acid groups (broad SMARTS) is 1. The highest BCUT2D eigenvalue weighted by Crippen LogP contribution is 2.22. The Hall–Kier alpha value is -2.13. The van der Waals surface area contributed by atoms with Gasteiger partial charge in [0.2, 0.25) is 0 Å². The van der Waals surface area contributed by atoms with E-state index in [1.165, 1.54) is 25.1 Å². The van der Waals surface area contributed by atoms with Crippen LogP contribution < -0.4 is 9.60 Å². The average Bonchev–Trinajstić information content (AvgIpc) is 2.68. The number of rotatable bonds is 4. The first kappa shape index (κ1) is 15.3. The lowest BCUT2D eigenvalue weighted by molar-refractivity contribution is 0.0696. The van der Waals surface area contributed by atoms with Crippen molar-refractivity contribution < 1.29 is 18.3 Å². The van der Waals surface area contributed by atoms with Gasteiger partial charge >= 0.3 is 10.8 Å². The first-order valence-electron chi connectivity index (χ1n) is 5.77. The molecule has 21 heavy (non-hydrogen) atoms. The van der Waals surface area contributed by atoms with Gasteiger partial charge in [-0.05, 0) is 37.6 Å². The predicted octanol–water partition coefficient (Wildman–Crippen LogP) is 1.55. The Balaban J connectivity index is 2.37. The minimum atomic E-state index is -3.88. The summed E-state index contributed by atoms with van der Waals surface area (Å²) in [4.78, 5) is 24.0. The number of aromatic amines is 1. The van der Waals surface area contributed by atoms with E-state index in [1.54, 1.807) is 6.92 Å². The van der Waals surface area contributed by atoms with Crippen molar-refractivity contribution in [3.63, 3.8) is 0 Å². The smallest absolute Gasteiger partial charge is 0.335 e. The van der Waals surface area contributed by atoms with Gasteiger partial charge in [0.15, 0.2) is 4.21 Å². The lowest BCUT2D eigenvalue weighted by atomic mass is 10.1. The van der Waals surface area contributed by atoms with Crippen LogP contribution in [0.2, 0.25) is 0 Å². The van der Waals surface area contributed by atoms with Crippen molar-refractivity contribution in [1.82, 2.24) is 4.98 Å². The number of hydrogen-bond acceptors (Lipinski definition) is 5. The van der Waals surface area contributed by atoms with Gasteiger partial charge in [0.1, 0.15) is 0 Å². The Morgan fingerprint density at radius 3 is 2.48 bits per heavy atom. The average molecular weight is 328 g/mol. The fourth-order valence-corrected chi connectivity index (χ4v) is 4.17. The molecule has 1 heterocycles. The number of aryl methyl sites for hydroxylation is 2. The van der Waals surface area contributed by atoms with Crippen molar-refractivity contribution >= 4 is 33.0 Å². The molecule has 2 rings (SSSR count). The second kappa shape index (κ2) is 5.34. The van der Waals surface area contributed by atoms with Crippen LogP contribution >= 0.6 is 11.3 Å². The van der Waals surface area contributed by atoms with Crippen LogP contribution in [0.4, 0.5) is 5.69 Å². The van der Waals surface area contributed by atoms with Gasteiger partial charge in [0.05, 0.1) is 5.56 Å². The monoisotopic (exact) mass is 328 g/mol. The summed E-state index contributed by atoms with van der Waals surface area (Å²) in [5, 5.41) is 8.93. The molecule has 1 aromatic carbocycles. The number of carboxylic acids is 1. The van der Waals surface area contributed by atoms with Gasteiger partial charge in [0, 0.05) is 11.4 Å². The number of nitrogens with one attached hydrogen (secondary N) is 2. The molecule has 0 fully saturated rings. The van der Waals surface area contributed by atoms with Gasteiger partial charge in [-0.25, -0.2) is 13.2 Å². The number of H-pyrrole nitrogens is 1. The van der Waals surface area contributed by atoms with Crippen molar-refractivity contribution in [3.05, 3.63) is 44.7 Å². The number of aromatic carboxylic acids is 1. The van der Waals surface area contributed by atoms with E-state index >= 15 is 0 Å². The van der Waals surface area contributed by atoms with Gasteiger partial charge in [-0.1, -0.05) is 11.3 Å². The highest BCUT2D eigenvalue weighted by Gasteiger charge is 2.21. The molecule has 0 aliphatic heterocycles. The Morgan fingerprint density at radius 2 is 2.00 bits per heavy atom. The molecule has 2 aromatic rings. The lowest BCUT2D eigenvalue weighted by Gasteiger charge is -2.09. The minimum absolute atomic E-state index is 0.0903. The predicted molar refractivity (Wildman–Crippen MR) is 78.6 cm³/mol. The van der Waals surface area contributed by atoms with Gasteiger partial charge < -0.3 is 10.1 Å². The summed E-state index contributed by atoms with van der Waals surface area (Å²) in [6.45, 7) is 3.06. The molecular weight excluding hydrogens is 316 g/mol. The van der Waals surface area contributed by atoms with Crippen LogP contribution in [0, 0.1) is 13.8 Å². The van der Waals surface area contributed by atoms with Crippen molar-refractivity contribution in [2.75, 3.05) is 4.72 Å². The van der Waals surface area contributed by atoms with E-state index in [0.717, 1.165) is 0 Å².